The van der Waals surface area contributed by atoms with Gasteiger partial charge in [-0.3, -0.25) is 13.9 Å². The van der Waals surface area contributed by atoms with Crippen LogP contribution in [0.3, 0.4) is 0 Å². The van der Waals surface area contributed by atoms with Gasteiger partial charge in [0.25, 0.3) is 5.91 Å². The second-order valence-electron chi connectivity index (χ2n) is 14.3. The molecule has 1 aromatic heterocycles. The summed E-state index contributed by atoms with van der Waals surface area (Å²) in [5.74, 6) is -2.63. The quantitative estimate of drug-likeness (QED) is 0.0220. The standard InChI is InChI=1S/C45H55FN2O14S/c1-4-61-45(52)40(50)29-39(49)33-7-5-31(6-8-33)30-60-26-25-59-24-23-58-22-21-57-20-19-56-18-17-55-16-15-48(63(3,53)54)38-28-41-37(27-36(38)32-9-10-32)42(44(51)47-2)43(62-41)34-11-13-35(46)14-12-34/h5-8,11-14,27-29,32,50H,4,9-10,15-26,30H2,1-3H3,(H,47,51). The fourth-order valence-electron chi connectivity index (χ4n) is 6.38. The van der Waals surface area contributed by atoms with Crippen LogP contribution < -0.4 is 9.62 Å². The lowest BCUT2D eigenvalue weighted by Gasteiger charge is -2.25. The van der Waals surface area contributed by atoms with Crippen LogP contribution in [0.15, 0.2) is 76.9 Å². The Morgan fingerprint density at radius 1 is 0.825 bits per heavy atom. The molecule has 2 N–H and O–H groups in total. The van der Waals surface area contributed by atoms with Crippen LogP contribution >= 0.6 is 0 Å². The fourth-order valence-corrected chi connectivity index (χ4v) is 7.30. The third-order valence-electron chi connectivity index (χ3n) is 9.64. The van der Waals surface area contributed by atoms with Gasteiger partial charge < -0.3 is 48.0 Å². The number of carbonyl (C=O) groups is 3. The number of carbonyl (C=O) groups excluding carboxylic acids is 3. The van der Waals surface area contributed by atoms with Crippen LogP contribution in [0.4, 0.5) is 10.1 Å². The van der Waals surface area contributed by atoms with Gasteiger partial charge in [-0.1, -0.05) is 24.3 Å². The minimum absolute atomic E-state index is 0.0514. The van der Waals surface area contributed by atoms with E-state index in [0.29, 0.717) is 92.8 Å². The minimum Gasteiger partial charge on any atom is -0.502 e. The first-order valence-electron chi connectivity index (χ1n) is 20.6. The molecule has 16 nitrogen and oxygen atoms in total. The summed E-state index contributed by atoms with van der Waals surface area (Å²) in [6, 6.07) is 15.7. The molecule has 1 saturated carbocycles. The number of benzene rings is 3. The molecule has 1 aliphatic carbocycles. The van der Waals surface area contributed by atoms with Crippen LogP contribution in [0.1, 0.15) is 57.5 Å². The summed E-state index contributed by atoms with van der Waals surface area (Å²) in [4.78, 5) is 36.8. The highest BCUT2D eigenvalue weighted by atomic mass is 32.2. The van der Waals surface area contributed by atoms with Crippen LogP contribution in [0.2, 0.25) is 0 Å². The Bertz CT molecular complexity index is 2260. The van der Waals surface area contributed by atoms with Crippen molar-refractivity contribution in [1.29, 1.82) is 0 Å². The Kier molecular flexibility index (Phi) is 19.1. The van der Waals surface area contributed by atoms with Gasteiger partial charge in [-0.15, -0.1) is 0 Å². The zero-order chi connectivity index (χ0) is 45.2. The number of fused-ring (bicyclic) bond motifs is 1. The maximum Gasteiger partial charge on any atom is 0.373 e. The lowest BCUT2D eigenvalue weighted by Crippen LogP contribution is -2.34. The molecule has 3 aromatic carbocycles. The molecule has 1 heterocycles. The van der Waals surface area contributed by atoms with Crippen molar-refractivity contribution in [3.63, 3.8) is 0 Å². The van der Waals surface area contributed by atoms with E-state index >= 15 is 0 Å². The van der Waals surface area contributed by atoms with Gasteiger partial charge in [-0.2, -0.15) is 0 Å². The predicted octanol–water partition coefficient (Wildman–Crippen LogP) is 5.73. The summed E-state index contributed by atoms with van der Waals surface area (Å²) in [6.07, 6.45) is 3.74. The van der Waals surface area contributed by atoms with Gasteiger partial charge >= 0.3 is 5.97 Å². The fraction of sp³-hybridized carbons (Fsp3) is 0.444. The lowest BCUT2D eigenvalue weighted by molar-refractivity contribution is -0.141. The molecule has 63 heavy (non-hydrogen) atoms. The molecule has 342 valence electrons. The normalized spacial score (nSPS) is 13.0. The van der Waals surface area contributed by atoms with Crippen molar-refractivity contribution in [3.8, 4) is 11.3 Å². The summed E-state index contributed by atoms with van der Waals surface area (Å²) in [5.41, 5.74) is 3.56. The van der Waals surface area contributed by atoms with Crippen LogP contribution in [0.5, 0.6) is 0 Å². The number of esters is 1. The molecule has 0 aliphatic heterocycles. The van der Waals surface area contributed by atoms with Gasteiger partial charge in [-0.25, -0.2) is 17.6 Å². The van der Waals surface area contributed by atoms with Crippen molar-refractivity contribution in [1.82, 2.24) is 5.32 Å². The number of aliphatic hydroxyl groups excluding tert-OH is 1. The highest BCUT2D eigenvalue weighted by Gasteiger charge is 2.33. The average molecular weight is 899 g/mol. The Balaban J connectivity index is 0.920. The molecule has 0 bridgehead atoms. The number of halogens is 1. The molecule has 0 saturated heterocycles. The zero-order valence-electron chi connectivity index (χ0n) is 35.7. The number of furan rings is 1. The lowest BCUT2D eigenvalue weighted by atomic mass is 10.0. The minimum atomic E-state index is -3.74. The Labute approximate surface area is 366 Å². The molecule has 5 rings (SSSR count). The first-order chi connectivity index (χ1) is 30.4. The van der Waals surface area contributed by atoms with Crippen LogP contribution in [0, 0.1) is 5.82 Å². The summed E-state index contributed by atoms with van der Waals surface area (Å²) in [7, 11) is -2.22. The maximum absolute atomic E-state index is 13.7. The van der Waals surface area contributed by atoms with Gasteiger partial charge in [-0.05, 0) is 67.1 Å². The number of hydrogen-bond acceptors (Lipinski definition) is 14. The van der Waals surface area contributed by atoms with E-state index in [1.165, 1.54) is 35.6 Å². The molecule has 1 aliphatic rings. The number of aliphatic hydroxyl groups is 1. The predicted molar refractivity (Wildman–Crippen MR) is 231 cm³/mol. The van der Waals surface area contributed by atoms with E-state index in [9.17, 15) is 32.3 Å². The number of nitrogens with zero attached hydrogens (tertiary/aromatic N) is 1. The number of ketones is 1. The summed E-state index contributed by atoms with van der Waals surface area (Å²) in [6.45, 7) is 5.67. The second kappa shape index (κ2) is 24.6. The van der Waals surface area contributed by atoms with E-state index in [4.69, 9.17) is 32.8 Å². The Hall–Kier alpha value is -5.21. The molecular formula is C45H55FN2O14S. The van der Waals surface area contributed by atoms with E-state index in [1.807, 2.05) is 6.07 Å². The monoisotopic (exact) mass is 898 g/mol. The Morgan fingerprint density at radius 2 is 1.38 bits per heavy atom. The van der Waals surface area contributed by atoms with Gasteiger partial charge in [0, 0.05) is 35.7 Å². The molecule has 4 aromatic rings. The number of hydrogen-bond donors (Lipinski definition) is 2. The molecule has 1 amide bonds. The topological polar surface area (TPSA) is 199 Å². The Morgan fingerprint density at radius 3 is 1.90 bits per heavy atom. The zero-order valence-corrected chi connectivity index (χ0v) is 36.5. The summed E-state index contributed by atoms with van der Waals surface area (Å²) in [5, 5.41) is 12.9. The summed E-state index contributed by atoms with van der Waals surface area (Å²) >= 11 is 0. The maximum atomic E-state index is 13.7. The van der Waals surface area contributed by atoms with Crippen molar-refractivity contribution < 1.29 is 69.9 Å². The van der Waals surface area contributed by atoms with E-state index in [0.717, 1.165) is 36.3 Å². The van der Waals surface area contributed by atoms with Crippen LogP contribution in [-0.2, 0) is 54.6 Å². The molecule has 0 spiro atoms. The first kappa shape index (κ1) is 48.8. The number of rotatable bonds is 29. The number of sulfonamides is 1. The van der Waals surface area contributed by atoms with Crippen LogP contribution in [0.25, 0.3) is 22.3 Å². The van der Waals surface area contributed by atoms with E-state index in [1.54, 1.807) is 37.3 Å². The molecule has 0 atom stereocenters. The van der Waals surface area contributed by atoms with Crippen molar-refractivity contribution in [2.24, 2.45) is 0 Å². The van der Waals surface area contributed by atoms with Gasteiger partial charge in [0.15, 0.2) is 5.78 Å². The van der Waals surface area contributed by atoms with E-state index < -0.39 is 33.4 Å². The average Bonchev–Trinajstić information content (AvgIpc) is 4.05. The molecule has 0 radical (unpaired) electrons. The highest BCUT2D eigenvalue weighted by Crippen LogP contribution is 2.48. The number of allylic oxidation sites excluding steroid dienone is 1. The van der Waals surface area contributed by atoms with E-state index in [-0.39, 0.29) is 50.6 Å². The molecular weight excluding hydrogens is 844 g/mol. The van der Waals surface area contributed by atoms with Crippen molar-refractivity contribution >= 4 is 44.3 Å². The van der Waals surface area contributed by atoms with E-state index in [2.05, 4.69) is 10.1 Å². The third kappa shape index (κ3) is 14.9. The molecule has 0 unspecified atom stereocenters. The van der Waals surface area contributed by atoms with Crippen molar-refractivity contribution in [3.05, 3.63) is 101 Å². The molecule has 1 fully saturated rings. The smallest absolute Gasteiger partial charge is 0.373 e. The van der Waals surface area contributed by atoms with Gasteiger partial charge in [0.1, 0.15) is 17.2 Å². The van der Waals surface area contributed by atoms with Gasteiger partial charge in [0.05, 0.1) is 110 Å². The first-order valence-corrected chi connectivity index (χ1v) is 22.5. The largest absolute Gasteiger partial charge is 0.502 e. The van der Waals surface area contributed by atoms with Crippen molar-refractivity contribution in [2.75, 3.05) is 103 Å². The van der Waals surface area contributed by atoms with Crippen molar-refractivity contribution in [2.45, 2.75) is 32.3 Å². The highest BCUT2D eigenvalue weighted by molar-refractivity contribution is 7.92. The van der Waals surface area contributed by atoms with Gasteiger partial charge in [0.2, 0.25) is 15.8 Å². The summed E-state index contributed by atoms with van der Waals surface area (Å²) < 4.78 is 85.6. The molecule has 18 heteroatoms. The number of nitrogens with one attached hydrogen (secondary N) is 1. The SMILES string of the molecule is CCOC(=O)C(O)=CC(=O)c1ccc(COCCOCCOCCOCCOCCOCCN(c2cc3oc(-c4ccc(F)cc4)c(C(=O)NC)c3cc2C2CC2)S(C)(=O)=O)cc1. The number of anilines is 1. The second-order valence-corrected chi connectivity index (χ2v) is 16.2. The number of amides is 1. The van der Waals surface area contributed by atoms with Crippen LogP contribution in [-0.4, -0.2) is 130 Å². The number of ether oxygens (including phenoxy) is 7. The third-order valence-corrected chi connectivity index (χ3v) is 10.8.